The fourth-order valence-electron chi connectivity index (χ4n) is 4.90. The number of carbonyl (C=O) groups excluding carboxylic acids is 1. The zero-order valence-electron chi connectivity index (χ0n) is 25.2. The molecule has 10 heteroatoms. The molecule has 3 aromatic carbocycles. The van der Waals surface area contributed by atoms with E-state index >= 15 is 0 Å². The quantitative estimate of drug-likeness (QED) is 0.139. The van der Waals surface area contributed by atoms with Gasteiger partial charge in [-0.3, -0.25) is 9.36 Å². The van der Waals surface area contributed by atoms with E-state index in [1.165, 1.54) is 11.3 Å². The molecule has 4 aromatic rings. The van der Waals surface area contributed by atoms with Crippen molar-refractivity contribution in [2.45, 2.75) is 33.4 Å². The van der Waals surface area contributed by atoms with Crippen LogP contribution in [0.3, 0.4) is 0 Å². The normalized spacial score (nSPS) is 14.4. The van der Waals surface area contributed by atoms with Gasteiger partial charge in [-0.1, -0.05) is 65.9 Å². The van der Waals surface area contributed by atoms with Crippen LogP contribution in [0.5, 0.6) is 17.2 Å². The highest BCUT2D eigenvalue weighted by Crippen LogP contribution is 2.32. The molecule has 1 aromatic heterocycles. The summed E-state index contributed by atoms with van der Waals surface area (Å²) in [6.45, 7) is 10.4. The van der Waals surface area contributed by atoms with Crippen molar-refractivity contribution < 1.29 is 23.7 Å². The number of aromatic nitrogens is 1. The SMILES string of the molecule is C=CCOc1ccc([C@H]2C(C(=O)OCC)=C(C)N=c3s/c(=C\c4ccc(OCc5ccc(Cl)cc5)c(OCC)c4)c(=O)n32)cc1. The molecule has 0 saturated heterocycles. The molecule has 45 heavy (non-hydrogen) atoms. The average Bonchev–Trinajstić information content (AvgIpc) is 3.34. The molecular weight excluding hydrogens is 612 g/mol. The van der Waals surface area contributed by atoms with Gasteiger partial charge in [0.25, 0.3) is 5.56 Å². The lowest BCUT2D eigenvalue weighted by molar-refractivity contribution is -0.139. The number of allylic oxidation sites excluding steroid dienone is 1. The summed E-state index contributed by atoms with van der Waals surface area (Å²) in [6, 6.07) is 19.6. The summed E-state index contributed by atoms with van der Waals surface area (Å²) in [5.41, 5.74) is 3.00. The molecule has 1 aliphatic rings. The zero-order valence-corrected chi connectivity index (χ0v) is 26.8. The Labute approximate surface area is 270 Å². The third kappa shape index (κ3) is 7.21. The van der Waals surface area contributed by atoms with Gasteiger partial charge >= 0.3 is 5.97 Å². The van der Waals surface area contributed by atoms with Crippen LogP contribution in [0.15, 0.2) is 100 Å². The predicted octanol–water partition coefficient (Wildman–Crippen LogP) is 5.99. The predicted molar refractivity (Wildman–Crippen MR) is 176 cm³/mol. The number of thiazole rings is 1. The van der Waals surface area contributed by atoms with Gasteiger partial charge in [0, 0.05) is 5.02 Å². The van der Waals surface area contributed by atoms with Crippen molar-refractivity contribution in [1.29, 1.82) is 0 Å². The number of rotatable bonds is 12. The van der Waals surface area contributed by atoms with Crippen molar-refractivity contribution in [1.82, 2.24) is 4.57 Å². The lowest BCUT2D eigenvalue weighted by Gasteiger charge is -2.24. The summed E-state index contributed by atoms with van der Waals surface area (Å²) in [5.74, 6) is 1.28. The van der Waals surface area contributed by atoms with Crippen LogP contribution in [0.1, 0.15) is 43.5 Å². The highest BCUT2D eigenvalue weighted by molar-refractivity contribution is 7.07. The Hall–Kier alpha value is -4.60. The summed E-state index contributed by atoms with van der Waals surface area (Å²) in [7, 11) is 0. The minimum atomic E-state index is -0.724. The van der Waals surface area contributed by atoms with Crippen LogP contribution in [-0.4, -0.2) is 30.4 Å². The number of fused-ring (bicyclic) bond motifs is 1. The number of carbonyl (C=O) groups is 1. The van der Waals surface area contributed by atoms with Crippen LogP contribution in [0.2, 0.25) is 5.02 Å². The summed E-state index contributed by atoms with van der Waals surface area (Å²) in [5, 5.41) is 0.661. The maximum absolute atomic E-state index is 14.0. The van der Waals surface area contributed by atoms with Gasteiger partial charge in [0.05, 0.1) is 35.1 Å². The molecule has 0 spiro atoms. The molecule has 0 radical (unpaired) electrons. The maximum Gasteiger partial charge on any atom is 0.338 e. The third-order valence-electron chi connectivity index (χ3n) is 6.95. The maximum atomic E-state index is 14.0. The Balaban J connectivity index is 1.53. The summed E-state index contributed by atoms with van der Waals surface area (Å²) in [6.07, 6.45) is 3.46. The van der Waals surface area contributed by atoms with Crippen LogP contribution in [0, 0.1) is 0 Å². The first-order valence-electron chi connectivity index (χ1n) is 14.5. The Morgan fingerprint density at radius 2 is 1.76 bits per heavy atom. The number of esters is 1. The van der Waals surface area contributed by atoms with E-state index in [0.29, 0.717) is 62.7 Å². The van der Waals surface area contributed by atoms with Gasteiger partial charge in [0.1, 0.15) is 19.0 Å². The first-order valence-corrected chi connectivity index (χ1v) is 15.7. The molecule has 0 unspecified atom stereocenters. The molecule has 1 atom stereocenters. The number of ether oxygens (including phenoxy) is 4. The van der Waals surface area contributed by atoms with Gasteiger partial charge in [0.2, 0.25) is 0 Å². The molecule has 8 nitrogen and oxygen atoms in total. The molecule has 2 heterocycles. The van der Waals surface area contributed by atoms with E-state index in [4.69, 9.17) is 30.5 Å². The Bertz CT molecular complexity index is 1910. The van der Waals surface area contributed by atoms with Gasteiger partial charge in [-0.15, -0.1) is 0 Å². The second kappa shape index (κ2) is 14.5. The molecule has 0 fully saturated rings. The van der Waals surface area contributed by atoms with Crippen molar-refractivity contribution in [3.63, 3.8) is 0 Å². The lowest BCUT2D eigenvalue weighted by atomic mass is 9.96. The number of benzene rings is 3. The van der Waals surface area contributed by atoms with Gasteiger partial charge in [-0.05, 0) is 79.9 Å². The van der Waals surface area contributed by atoms with Crippen LogP contribution in [-0.2, 0) is 16.1 Å². The summed E-state index contributed by atoms with van der Waals surface area (Å²) in [4.78, 5) is 32.3. The van der Waals surface area contributed by atoms with Crippen molar-refractivity contribution in [2.24, 2.45) is 4.99 Å². The van der Waals surface area contributed by atoms with E-state index in [2.05, 4.69) is 11.6 Å². The molecule has 232 valence electrons. The van der Waals surface area contributed by atoms with Crippen LogP contribution < -0.4 is 29.1 Å². The fourth-order valence-corrected chi connectivity index (χ4v) is 6.08. The first-order chi connectivity index (χ1) is 21.8. The van der Waals surface area contributed by atoms with Crippen LogP contribution in [0.4, 0.5) is 0 Å². The molecule has 0 saturated carbocycles. The van der Waals surface area contributed by atoms with Gasteiger partial charge in [0.15, 0.2) is 16.3 Å². The lowest BCUT2D eigenvalue weighted by Crippen LogP contribution is -2.39. The van der Waals surface area contributed by atoms with Crippen molar-refractivity contribution >= 4 is 35.0 Å². The van der Waals surface area contributed by atoms with E-state index in [1.807, 2.05) is 61.5 Å². The molecule has 0 amide bonds. The minimum absolute atomic E-state index is 0.197. The Morgan fingerprint density at radius 3 is 2.44 bits per heavy atom. The minimum Gasteiger partial charge on any atom is -0.490 e. The zero-order chi connectivity index (χ0) is 31.9. The largest absolute Gasteiger partial charge is 0.490 e. The van der Waals surface area contributed by atoms with Crippen LogP contribution in [0.25, 0.3) is 6.08 Å². The second-order valence-electron chi connectivity index (χ2n) is 10.0. The molecule has 5 rings (SSSR count). The van der Waals surface area contributed by atoms with E-state index in [9.17, 15) is 9.59 Å². The van der Waals surface area contributed by atoms with Gasteiger partial charge in [-0.2, -0.15) is 0 Å². The second-order valence-corrected chi connectivity index (χ2v) is 11.5. The molecule has 0 N–H and O–H groups in total. The monoisotopic (exact) mass is 644 g/mol. The van der Waals surface area contributed by atoms with E-state index in [-0.39, 0.29) is 12.2 Å². The highest BCUT2D eigenvalue weighted by atomic mass is 35.5. The van der Waals surface area contributed by atoms with E-state index in [0.717, 1.165) is 16.7 Å². The van der Waals surface area contributed by atoms with Crippen molar-refractivity contribution in [3.05, 3.63) is 132 Å². The number of halogens is 1. The van der Waals surface area contributed by atoms with Crippen molar-refractivity contribution in [2.75, 3.05) is 19.8 Å². The first kappa shape index (κ1) is 31.8. The Morgan fingerprint density at radius 1 is 1.00 bits per heavy atom. The average molecular weight is 645 g/mol. The molecule has 0 bridgehead atoms. The molecule has 1 aliphatic heterocycles. The van der Waals surface area contributed by atoms with Gasteiger partial charge in [-0.25, -0.2) is 9.79 Å². The summed E-state index contributed by atoms with van der Waals surface area (Å²) >= 11 is 7.26. The van der Waals surface area contributed by atoms with Crippen LogP contribution >= 0.6 is 22.9 Å². The van der Waals surface area contributed by atoms with Gasteiger partial charge < -0.3 is 18.9 Å². The number of nitrogens with zero attached hydrogens (tertiary/aromatic N) is 2. The number of hydrogen-bond donors (Lipinski definition) is 0. The summed E-state index contributed by atoms with van der Waals surface area (Å²) < 4.78 is 25.0. The van der Waals surface area contributed by atoms with E-state index < -0.39 is 12.0 Å². The molecular formula is C35H33ClN2O6S. The fraction of sp³-hybridized carbons (Fsp3) is 0.229. The van der Waals surface area contributed by atoms with E-state index in [1.54, 1.807) is 42.7 Å². The smallest absolute Gasteiger partial charge is 0.338 e. The topological polar surface area (TPSA) is 88.4 Å². The van der Waals surface area contributed by atoms with Crippen molar-refractivity contribution in [3.8, 4) is 17.2 Å². The highest BCUT2D eigenvalue weighted by Gasteiger charge is 2.33. The number of hydrogen-bond acceptors (Lipinski definition) is 8. The Kier molecular flexibility index (Phi) is 10.2. The third-order valence-corrected chi connectivity index (χ3v) is 8.19. The standard InChI is InChI=1S/C35H33ClN2O6S/c1-5-18-43-27-15-11-25(12-16-27)32-31(34(40)42-7-3)22(4)37-35-38(32)33(39)30(45-35)20-24-10-17-28(29(19-24)41-6-2)44-21-23-8-13-26(36)14-9-23/h5,8-17,19-20,32H,1,6-7,18,21H2,2-4H3/b30-20-/t32-/m0/s1. The molecule has 0 aliphatic carbocycles.